The highest BCUT2D eigenvalue weighted by Gasteiger charge is 2.29. The largest absolute Gasteiger partial charge is 0.469 e. The van der Waals surface area contributed by atoms with Gasteiger partial charge < -0.3 is 26.2 Å². The van der Waals surface area contributed by atoms with Crippen molar-refractivity contribution >= 4 is 46.4 Å². The summed E-state index contributed by atoms with van der Waals surface area (Å²) >= 11 is 5.04. The Balaban J connectivity index is 2.25. The Morgan fingerprint density at radius 1 is 1.30 bits per heavy atom. The number of anilines is 2. The number of thiocarbonyl (C=S) groups is 1. The lowest BCUT2D eigenvalue weighted by Gasteiger charge is -2.22. The molecule has 0 radical (unpaired) electrons. The molecule has 162 valence electrons. The van der Waals surface area contributed by atoms with Gasteiger partial charge in [0, 0.05) is 10.5 Å². The monoisotopic (exact) mass is 459 g/mol. The number of nitrogens with two attached hydrogens (primary N) is 1. The average molecular weight is 460 g/mol. The molecule has 0 aliphatic carbocycles. The number of carbonyl (C=O) groups is 1. The molecule has 0 spiro atoms. The molecule has 2 rings (SSSR count). The molecule has 30 heavy (non-hydrogen) atoms. The van der Waals surface area contributed by atoms with Gasteiger partial charge in [-0.15, -0.1) is 0 Å². The summed E-state index contributed by atoms with van der Waals surface area (Å²) in [6.45, 7) is -0.279. The van der Waals surface area contributed by atoms with E-state index in [0.717, 1.165) is 0 Å². The van der Waals surface area contributed by atoms with E-state index in [2.05, 4.69) is 15.4 Å². The van der Waals surface area contributed by atoms with Crippen LogP contribution in [0.5, 0.6) is 0 Å². The molecule has 0 bridgehead atoms. The summed E-state index contributed by atoms with van der Waals surface area (Å²) in [5, 5.41) is 15.3. The van der Waals surface area contributed by atoms with Gasteiger partial charge in [0.2, 0.25) is 0 Å². The molecular weight excluding hydrogens is 439 g/mol. The molecule has 5 N–H and O–H groups in total. The summed E-state index contributed by atoms with van der Waals surface area (Å²) in [6, 6.07) is 9.90. The zero-order chi connectivity index (χ0) is 22.3. The Labute approximate surface area is 181 Å². The van der Waals surface area contributed by atoms with Gasteiger partial charge in [-0.2, -0.15) is 13.2 Å². The van der Waals surface area contributed by atoms with E-state index in [9.17, 15) is 23.1 Å². The van der Waals surface area contributed by atoms with E-state index >= 15 is 0 Å². The summed E-state index contributed by atoms with van der Waals surface area (Å²) in [6.07, 6.45) is -0.171. The number of esters is 1. The van der Waals surface area contributed by atoms with Crippen molar-refractivity contribution in [2.75, 3.05) is 18.2 Å². The van der Waals surface area contributed by atoms with Crippen molar-refractivity contribution in [2.24, 2.45) is 0 Å². The van der Waals surface area contributed by atoms with Crippen molar-refractivity contribution in [3.05, 3.63) is 53.6 Å². The summed E-state index contributed by atoms with van der Waals surface area (Å²) in [7, 11) is 1.21. The van der Waals surface area contributed by atoms with Gasteiger partial charge in [0.15, 0.2) is 5.11 Å². The third-order valence-electron chi connectivity index (χ3n) is 3.99. The van der Waals surface area contributed by atoms with Crippen LogP contribution in [0.15, 0.2) is 47.4 Å². The number of para-hydroxylation sites is 1. The summed E-state index contributed by atoms with van der Waals surface area (Å²) < 4.78 is 42.8. The van der Waals surface area contributed by atoms with Gasteiger partial charge in [0.1, 0.15) is 0 Å². The molecule has 0 aromatic heterocycles. The Bertz CT molecular complexity index is 910. The number of nitrogen functional groups attached to an aromatic ring is 1. The molecule has 11 heteroatoms. The Hall–Kier alpha value is -2.50. The second-order valence-corrected chi connectivity index (χ2v) is 7.64. The highest BCUT2D eigenvalue weighted by atomic mass is 32.2. The maximum absolute atomic E-state index is 12.7. The van der Waals surface area contributed by atoms with Crippen molar-refractivity contribution in [3.63, 3.8) is 0 Å². The van der Waals surface area contributed by atoms with Crippen LogP contribution in [0.3, 0.4) is 0 Å². The number of aliphatic hydroxyl groups is 1. The number of nitrogens with one attached hydrogen (secondary N) is 2. The van der Waals surface area contributed by atoms with E-state index in [1.807, 2.05) is 0 Å². The van der Waals surface area contributed by atoms with E-state index in [4.69, 9.17) is 18.0 Å². The van der Waals surface area contributed by atoms with Crippen LogP contribution in [-0.4, -0.2) is 28.8 Å². The first-order valence-corrected chi connectivity index (χ1v) is 9.83. The molecule has 1 atom stereocenters. The molecular formula is C19H20F3N3O3S2. The zero-order valence-corrected chi connectivity index (χ0v) is 17.5. The van der Waals surface area contributed by atoms with E-state index in [1.54, 1.807) is 24.3 Å². The van der Waals surface area contributed by atoms with Gasteiger partial charge >= 0.3 is 11.5 Å². The number of alkyl halides is 3. The van der Waals surface area contributed by atoms with Gasteiger partial charge in [-0.25, -0.2) is 0 Å². The number of benzene rings is 2. The van der Waals surface area contributed by atoms with E-state index in [0.29, 0.717) is 22.5 Å². The van der Waals surface area contributed by atoms with Crippen molar-refractivity contribution in [2.45, 2.75) is 29.5 Å². The van der Waals surface area contributed by atoms with Crippen LogP contribution in [0, 0.1) is 0 Å². The van der Waals surface area contributed by atoms with E-state index in [1.165, 1.54) is 25.3 Å². The van der Waals surface area contributed by atoms with Crippen LogP contribution < -0.4 is 16.4 Å². The fourth-order valence-electron chi connectivity index (χ4n) is 2.64. The second kappa shape index (κ2) is 10.5. The first kappa shape index (κ1) is 23.8. The average Bonchev–Trinajstić information content (AvgIpc) is 2.67. The van der Waals surface area contributed by atoms with Gasteiger partial charge in [0.05, 0.1) is 37.6 Å². The van der Waals surface area contributed by atoms with Crippen LogP contribution in [0.4, 0.5) is 24.5 Å². The molecule has 2 aromatic rings. The van der Waals surface area contributed by atoms with Crippen molar-refractivity contribution < 1.29 is 27.8 Å². The predicted molar refractivity (Wildman–Crippen MR) is 114 cm³/mol. The molecule has 0 heterocycles. The highest BCUT2D eigenvalue weighted by molar-refractivity contribution is 8.00. The Morgan fingerprint density at radius 2 is 2.00 bits per heavy atom. The van der Waals surface area contributed by atoms with Gasteiger partial charge in [0.25, 0.3) is 0 Å². The van der Waals surface area contributed by atoms with E-state index in [-0.39, 0.29) is 34.8 Å². The number of aliphatic hydroxyl groups excluding tert-OH is 1. The lowest BCUT2D eigenvalue weighted by atomic mass is 10.0. The SMILES string of the molecule is COC(=O)CC(NC(=S)Nc1c(N)cccc1CO)c1cccc(SC(F)(F)F)c1. The molecule has 0 amide bonds. The van der Waals surface area contributed by atoms with Gasteiger partial charge in [-0.3, -0.25) is 4.79 Å². The molecule has 6 nitrogen and oxygen atoms in total. The predicted octanol–water partition coefficient (Wildman–Crippen LogP) is 3.96. The van der Waals surface area contributed by atoms with Crippen molar-refractivity contribution in [1.29, 1.82) is 0 Å². The van der Waals surface area contributed by atoms with Gasteiger partial charge in [-0.1, -0.05) is 24.3 Å². The molecule has 1 unspecified atom stereocenters. The molecule has 0 saturated heterocycles. The van der Waals surface area contributed by atoms with Crippen LogP contribution in [0.2, 0.25) is 0 Å². The molecule has 2 aromatic carbocycles. The number of methoxy groups -OCH3 is 1. The first-order valence-electron chi connectivity index (χ1n) is 8.61. The van der Waals surface area contributed by atoms with Crippen LogP contribution in [-0.2, 0) is 16.1 Å². The number of thioether (sulfide) groups is 1. The third kappa shape index (κ3) is 7.08. The van der Waals surface area contributed by atoms with Crippen molar-refractivity contribution in [3.8, 4) is 0 Å². The maximum atomic E-state index is 12.7. The van der Waals surface area contributed by atoms with Crippen LogP contribution in [0.25, 0.3) is 0 Å². The second-order valence-electron chi connectivity index (χ2n) is 6.09. The normalized spacial score (nSPS) is 12.2. The fraction of sp³-hybridized carbons (Fsp3) is 0.263. The number of ether oxygens (including phenoxy) is 1. The van der Waals surface area contributed by atoms with Crippen LogP contribution >= 0.6 is 24.0 Å². The molecule has 0 saturated carbocycles. The minimum Gasteiger partial charge on any atom is -0.469 e. The van der Waals surface area contributed by atoms with Gasteiger partial charge in [-0.05, 0) is 47.7 Å². The standard InChI is InChI=1S/C19H20F3N3O3S2/c1-28-16(27)9-15(11-4-2-6-13(8-11)30-19(20,21)22)24-18(29)25-17-12(10-26)5-3-7-14(17)23/h2-8,15,26H,9-10,23H2,1H3,(H2,24,25,29). The minimum absolute atomic E-state index is 0.0228. The number of rotatable bonds is 7. The first-order chi connectivity index (χ1) is 14.1. The lowest BCUT2D eigenvalue weighted by Crippen LogP contribution is -2.34. The van der Waals surface area contributed by atoms with Crippen LogP contribution in [0.1, 0.15) is 23.6 Å². The summed E-state index contributed by atoms with van der Waals surface area (Å²) in [5.41, 5.74) is 3.16. The number of carbonyl (C=O) groups excluding carboxylic acids is 1. The third-order valence-corrected chi connectivity index (χ3v) is 4.93. The van der Waals surface area contributed by atoms with Crippen molar-refractivity contribution in [1.82, 2.24) is 5.32 Å². The van der Waals surface area contributed by atoms with E-state index < -0.39 is 17.5 Å². The Morgan fingerprint density at radius 3 is 2.63 bits per heavy atom. The quantitative estimate of drug-likeness (QED) is 0.214. The lowest BCUT2D eigenvalue weighted by molar-refractivity contribution is -0.141. The highest BCUT2D eigenvalue weighted by Crippen LogP contribution is 2.37. The zero-order valence-electron chi connectivity index (χ0n) is 15.8. The summed E-state index contributed by atoms with van der Waals surface area (Å²) in [5.74, 6) is -0.570. The molecule has 0 aliphatic rings. The Kier molecular flexibility index (Phi) is 8.33. The minimum atomic E-state index is -4.44. The number of halogens is 3. The fourth-order valence-corrected chi connectivity index (χ4v) is 3.50. The molecule has 0 aliphatic heterocycles. The topological polar surface area (TPSA) is 96.6 Å². The summed E-state index contributed by atoms with van der Waals surface area (Å²) in [4.78, 5) is 11.8. The number of hydrogen-bond donors (Lipinski definition) is 4. The smallest absolute Gasteiger partial charge is 0.446 e. The number of hydrogen-bond acceptors (Lipinski definition) is 6. The maximum Gasteiger partial charge on any atom is 0.446 e. The molecule has 0 fully saturated rings.